The van der Waals surface area contributed by atoms with Gasteiger partial charge in [0.1, 0.15) is 5.69 Å². The second kappa shape index (κ2) is 9.12. The third kappa shape index (κ3) is 5.15. The average molecular weight is 408 g/mol. The first-order chi connectivity index (χ1) is 13.0. The number of nitrogens with one attached hydrogen (secondary N) is 1. The van der Waals surface area contributed by atoms with Crippen molar-refractivity contribution in [2.75, 3.05) is 38.0 Å². The molecule has 9 heteroatoms. The average Bonchev–Trinajstić information content (AvgIpc) is 2.70. The minimum Gasteiger partial charge on any atom is -0.335 e. The lowest BCUT2D eigenvalue weighted by molar-refractivity contribution is -0.116. The maximum Gasteiger partial charge on any atom is 0.274 e. The number of amides is 2. The van der Waals surface area contributed by atoms with Crippen LogP contribution in [0.15, 0.2) is 36.8 Å². The quantitative estimate of drug-likeness (QED) is 0.823. The molecule has 0 atom stereocenters. The molecule has 0 unspecified atom stereocenters. The third-order valence-corrected chi connectivity index (χ3v) is 4.95. The van der Waals surface area contributed by atoms with Crippen molar-refractivity contribution in [1.82, 2.24) is 19.8 Å². The van der Waals surface area contributed by atoms with E-state index in [2.05, 4.69) is 20.2 Å². The number of aromatic nitrogens is 2. The summed E-state index contributed by atoms with van der Waals surface area (Å²) in [5, 5.41) is 3.58. The van der Waals surface area contributed by atoms with Crippen molar-refractivity contribution in [2.24, 2.45) is 0 Å². The molecule has 1 aromatic heterocycles. The molecule has 7 nitrogen and oxygen atoms in total. The van der Waals surface area contributed by atoms with E-state index in [4.69, 9.17) is 23.2 Å². The number of hydrogen-bond acceptors (Lipinski definition) is 5. The SMILES string of the molecule is O=C(CCN1CCN(C(=O)c2cnccn2)CC1)Nc1c(Cl)cccc1Cl. The zero-order valence-electron chi connectivity index (χ0n) is 14.6. The first kappa shape index (κ1) is 19.5. The maximum atomic E-state index is 12.4. The summed E-state index contributed by atoms with van der Waals surface area (Å²) in [6, 6.07) is 5.08. The molecule has 1 saturated heterocycles. The normalized spacial score (nSPS) is 14.8. The van der Waals surface area contributed by atoms with Crippen molar-refractivity contribution in [3.05, 3.63) is 52.5 Å². The van der Waals surface area contributed by atoms with E-state index in [0.29, 0.717) is 60.6 Å². The van der Waals surface area contributed by atoms with Gasteiger partial charge in [-0.3, -0.25) is 19.5 Å². The number of piperazine rings is 1. The highest BCUT2D eigenvalue weighted by Crippen LogP contribution is 2.29. The van der Waals surface area contributed by atoms with E-state index in [1.807, 2.05) is 0 Å². The minimum atomic E-state index is -0.150. The highest BCUT2D eigenvalue weighted by atomic mass is 35.5. The fourth-order valence-corrected chi connectivity index (χ4v) is 3.32. The van der Waals surface area contributed by atoms with Crippen LogP contribution in [-0.2, 0) is 4.79 Å². The maximum absolute atomic E-state index is 12.4. The third-order valence-electron chi connectivity index (χ3n) is 4.32. The fraction of sp³-hybridized carbons (Fsp3) is 0.333. The van der Waals surface area contributed by atoms with Crippen molar-refractivity contribution in [1.29, 1.82) is 0 Å². The number of para-hydroxylation sites is 1. The van der Waals surface area contributed by atoms with Gasteiger partial charge in [0.15, 0.2) is 0 Å². The standard InChI is InChI=1S/C18H19Cl2N5O2/c19-13-2-1-3-14(20)17(13)23-16(26)4-7-24-8-10-25(11-9-24)18(27)15-12-21-5-6-22-15/h1-3,5-6,12H,4,7-11H2,(H,23,26). The largest absolute Gasteiger partial charge is 0.335 e. The van der Waals surface area contributed by atoms with Crippen molar-refractivity contribution < 1.29 is 9.59 Å². The van der Waals surface area contributed by atoms with Gasteiger partial charge in [-0.25, -0.2) is 4.98 Å². The monoisotopic (exact) mass is 407 g/mol. The predicted octanol–water partition coefficient (Wildman–Crippen LogP) is 2.57. The van der Waals surface area contributed by atoms with Gasteiger partial charge in [-0.2, -0.15) is 0 Å². The second-order valence-corrected chi connectivity index (χ2v) is 6.93. The molecule has 0 spiro atoms. The lowest BCUT2D eigenvalue weighted by atomic mass is 10.2. The summed E-state index contributed by atoms with van der Waals surface area (Å²) in [6.07, 6.45) is 4.83. The van der Waals surface area contributed by atoms with Crippen molar-refractivity contribution >= 4 is 40.7 Å². The van der Waals surface area contributed by atoms with E-state index < -0.39 is 0 Å². The summed E-state index contributed by atoms with van der Waals surface area (Å²) in [7, 11) is 0. The van der Waals surface area contributed by atoms with Gasteiger partial charge in [-0.05, 0) is 12.1 Å². The van der Waals surface area contributed by atoms with E-state index in [1.54, 1.807) is 23.1 Å². The van der Waals surface area contributed by atoms with Gasteiger partial charge in [-0.1, -0.05) is 29.3 Å². The molecule has 1 fully saturated rings. The number of rotatable bonds is 5. The van der Waals surface area contributed by atoms with Crippen LogP contribution in [0.2, 0.25) is 10.0 Å². The van der Waals surface area contributed by atoms with Gasteiger partial charge in [0.2, 0.25) is 5.91 Å². The first-order valence-electron chi connectivity index (χ1n) is 8.56. The van der Waals surface area contributed by atoms with Crippen molar-refractivity contribution in [3.8, 4) is 0 Å². The van der Waals surface area contributed by atoms with Gasteiger partial charge in [0, 0.05) is 51.5 Å². The Morgan fingerprint density at radius 3 is 2.41 bits per heavy atom. The summed E-state index contributed by atoms with van der Waals surface area (Å²) in [5.41, 5.74) is 0.784. The van der Waals surface area contributed by atoms with Crippen LogP contribution in [-0.4, -0.2) is 64.3 Å². The smallest absolute Gasteiger partial charge is 0.274 e. The number of nitrogens with zero attached hydrogens (tertiary/aromatic N) is 4. The van der Waals surface area contributed by atoms with Crippen molar-refractivity contribution in [3.63, 3.8) is 0 Å². The van der Waals surface area contributed by atoms with E-state index >= 15 is 0 Å². The lowest BCUT2D eigenvalue weighted by Gasteiger charge is -2.34. The van der Waals surface area contributed by atoms with Crippen LogP contribution in [0.4, 0.5) is 5.69 Å². The van der Waals surface area contributed by atoms with E-state index in [9.17, 15) is 9.59 Å². The van der Waals surface area contributed by atoms with Crippen LogP contribution in [0.1, 0.15) is 16.9 Å². The highest BCUT2D eigenvalue weighted by Gasteiger charge is 2.23. The molecule has 142 valence electrons. The zero-order valence-corrected chi connectivity index (χ0v) is 16.1. The van der Waals surface area contributed by atoms with Crippen molar-refractivity contribution in [2.45, 2.75) is 6.42 Å². The van der Waals surface area contributed by atoms with E-state index in [-0.39, 0.29) is 11.8 Å². The van der Waals surface area contributed by atoms with E-state index in [0.717, 1.165) is 0 Å². The summed E-state index contributed by atoms with van der Waals surface area (Å²) < 4.78 is 0. The molecule has 0 saturated carbocycles. The fourth-order valence-electron chi connectivity index (χ4n) is 2.82. The Balaban J connectivity index is 1.44. The molecule has 1 aliphatic heterocycles. The number of hydrogen-bond donors (Lipinski definition) is 1. The van der Waals surface area contributed by atoms with Gasteiger partial charge < -0.3 is 10.2 Å². The summed E-state index contributed by atoms with van der Waals surface area (Å²) >= 11 is 12.1. The van der Waals surface area contributed by atoms with E-state index in [1.165, 1.54) is 18.6 Å². The van der Waals surface area contributed by atoms with Crippen LogP contribution >= 0.6 is 23.2 Å². The van der Waals surface area contributed by atoms with Gasteiger partial charge in [-0.15, -0.1) is 0 Å². The topological polar surface area (TPSA) is 78.4 Å². The Hall–Kier alpha value is -2.22. The molecule has 0 aliphatic carbocycles. The van der Waals surface area contributed by atoms with Crippen LogP contribution in [0.25, 0.3) is 0 Å². The minimum absolute atomic E-state index is 0.117. The molecule has 1 aliphatic rings. The Labute approximate surface area is 167 Å². The Morgan fingerprint density at radius 1 is 1.07 bits per heavy atom. The summed E-state index contributed by atoms with van der Waals surface area (Å²) in [5.74, 6) is -0.267. The molecule has 2 aromatic rings. The molecular weight excluding hydrogens is 389 g/mol. The number of carbonyl (C=O) groups is 2. The lowest BCUT2D eigenvalue weighted by Crippen LogP contribution is -2.49. The van der Waals surface area contributed by atoms with Gasteiger partial charge in [0.25, 0.3) is 5.91 Å². The molecule has 2 amide bonds. The Morgan fingerprint density at radius 2 is 1.78 bits per heavy atom. The highest BCUT2D eigenvalue weighted by molar-refractivity contribution is 6.39. The molecule has 1 N–H and O–H groups in total. The molecule has 27 heavy (non-hydrogen) atoms. The predicted molar refractivity (Wildman–Crippen MR) is 104 cm³/mol. The molecule has 2 heterocycles. The number of anilines is 1. The molecular formula is C18H19Cl2N5O2. The summed E-state index contributed by atoms with van der Waals surface area (Å²) in [4.78, 5) is 36.4. The number of halogens is 2. The molecule has 1 aromatic carbocycles. The van der Waals surface area contributed by atoms with Crippen LogP contribution in [0, 0.1) is 0 Å². The van der Waals surface area contributed by atoms with Gasteiger partial charge in [0.05, 0.1) is 21.9 Å². The first-order valence-corrected chi connectivity index (χ1v) is 9.31. The Bertz CT molecular complexity index is 790. The second-order valence-electron chi connectivity index (χ2n) is 6.12. The van der Waals surface area contributed by atoms with Crippen LogP contribution in [0.3, 0.4) is 0 Å². The number of benzene rings is 1. The zero-order chi connectivity index (χ0) is 19.2. The number of carbonyl (C=O) groups excluding carboxylic acids is 2. The molecule has 0 bridgehead atoms. The molecule has 3 rings (SSSR count). The van der Waals surface area contributed by atoms with Crippen LogP contribution < -0.4 is 5.32 Å². The van der Waals surface area contributed by atoms with Gasteiger partial charge >= 0.3 is 0 Å². The van der Waals surface area contributed by atoms with Crippen LogP contribution in [0.5, 0.6) is 0 Å². The summed E-state index contributed by atoms with van der Waals surface area (Å²) in [6.45, 7) is 3.18. The molecule has 0 radical (unpaired) electrons. The Kier molecular flexibility index (Phi) is 6.60.